The van der Waals surface area contributed by atoms with Crippen molar-refractivity contribution in [2.24, 2.45) is 0 Å². The average Bonchev–Trinajstić information content (AvgIpc) is 2.11. The number of alkyl halides is 1. The van der Waals surface area contributed by atoms with E-state index in [1.165, 1.54) is 7.05 Å². The van der Waals surface area contributed by atoms with Gasteiger partial charge >= 0.3 is 29.6 Å². The van der Waals surface area contributed by atoms with Gasteiger partial charge in [-0.1, -0.05) is 19.8 Å². The smallest absolute Gasteiger partial charge is 0.548 e. The Labute approximate surface area is 111 Å². The number of rotatable bonds is 6. The molecule has 0 heterocycles. The molecule has 0 aromatic rings. The number of carboxylic acid groups (broad SMARTS) is 1. The molecule has 0 saturated carbocycles. The SMILES string of the molecule is CCCCC(F)C(=O)N(C)CC(=O)[O-].[Na+]. The number of halogens is 1. The quantitative estimate of drug-likeness (QED) is 0.447. The zero-order valence-corrected chi connectivity index (χ0v) is 11.5. The first-order chi connectivity index (χ1) is 6.49. The summed E-state index contributed by atoms with van der Waals surface area (Å²) < 4.78 is 13.1. The van der Waals surface area contributed by atoms with E-state index in [1.807, 2.05) is 6.92 Å². The minimum Gasteiger partial charge on any atom is -0.548 e. The molecule has 0 radical (unpaired) electrons. The van der Waals surface area contributed by atoms with Gasteiger partial charge in [0.05, 0.1) is 12.5 Å². The fourth-order valence-electron chi connectivity index (χ4n) is 1.02. The van der Waals surface area contributed by atoms with Gasteiger partial charge in [0, 0.05) is 7.05 Å². The van der Waals surface area contributed by atoms with Crippen molar-refractivity contribution in [1.82, 2.24) is 4.90 Å². The molecule has 0 spiro atoms. The fraction of sp³-hybridized carbons (Fsp3) is 0.778. The van der Waals surface area contributed by atoms with E-state index in [2.05, 4.69) is 0 Å². The van der Waals surface area contributed by atoms with Gasteiger partial charge in [-0.2, -0.15) is 0 Å². The van der Waals surface area contributed by atoms with Crippen LogP contribution < -0.4 is 34.7 Å². The van der Waals surface area contributed by atoms with Gasteiger partial charge in [-0.25, -0.2) is 4.39 Å². The minimum atomic E-state index is -1.60. The Balaban J connectivity index is 0. The first-order valence-electron chi connectivity index (χ1n) is 4.58. The minimum absolute atomic E-state index is 0. The van der Waals surface area contributed by atoms with Gasteiger partial charge in [0.2, 0.25) is 0 Å². The summed E-state index contributed by atoms with van der Waals surface area (Å²) in [5.41, 5.74) is 0. The van der Waals surface area contributed by atoms with Crippen molar-refractivity contribution in [3.8, 4) is 0 Å². The molecule has 0 aromatic heterocycles. The second-order valence-corrected chi connectivity index (χ2v) is 3.18. The topological polar surface area (TPSA) is 60.4 Å². The number of unbranched alkanes of at least 4 members (excludes halogenated alkanes) is 1. The van der Waals surface area contributed by atoms with Crippen molar-refractivity contribution in [2.75, 3.05) is 13.6 Å². The van der Waals surface area contributed by atoms with E-state index in [1.54, 1.807) is 0 Å². The van der Waals surface area contributed by atoms with E-state index in [9.17, 15) is 19.1 Å². The molecule has 0 N–H and O–H groups in total. The molecule has 6 heteroatoms. The van der Waals surface area contributed by atoms with Crippen LogP contribution in [0.4, 0.5) is 4.39 Å². The Morgan fingerprint density at radius 2 is 2.00 bits per heavy atom. The van der Waals surface area contributed by atoms with Crippen molar-refractivity contribution in [2.45, 2.75) is 32.4 Å². The Morgan fingerprint density at radius 3 is 2.40 bits per heavy atom. The summed E-state index contributed by atoms with van der Waals surface area (Å²) in [4.78, 5) is 22.1. The average molecular weight is 227 g/mol. The third-order valence-corrected chi connectivity index (χ3v) is 1.82. The number of nitrogens with zero attached hydrogens (tertiary/aromatic N) is 1. The molecular weight excluding hydrogens is 212 g/mol. The number of hydrogen-bond acceptors (Lipinski definition) is 3. The van der Waals surface area contributed by atoms with Gasteiger partial charge in [0.1, 0.15) is 0 Å². The maximum atomic E-state index is 13.1. The molecule has 0 aromatic carbocycles. The van der Waals surface area contributed by atoms with E-state index in [0.29, 0.717) is 6.42 Å². The van der Waals surface area contributed by atoms with Gasteiger partial charge in [-0.15, -0.1) is 0 Å². The monoisotopic (exact) mass is 227 g/mol. The Morgan fingerprint density at radius 1 is 1.47 bits per heavy atom. The van der Waals surface area contributed by atoms with Crippen LogP contribution in [0.5, 0.6) is 0 Å². The summed E-state index contributed by atoms with van der Waals surface area (Å²) in [5, 5.41) is 10.1. The van der Waals surface area contributed by atoms with E-state index in [0.717, 1.165) is 11.3 Å². The molecule has 4 nitrogen and oxygen atoms in total. The predicted octanol–water partition coefficient (Wildman–Crippen LogP) is -3.27. The van der Waals surface area contributed by atoms with E-state index in [4.69, 9.17) is 0 Å². The Bertz CT molecular complexity index is 214. The van der Waals surface area contributed by atoms with Crippen molar-refractivity contribution in [3.05, 3.63) is 0 Å². The standard InChI is InChI=1S/C9H16FNO3.Na/c1-3-4-5-7(10)9(14)11(2)6-8(12)13;/h7H,3-6H2,1-2H3,(H,12,13);/q;+1/p-1. The third kappa shape index (κ3) is 7.76. The summed E-state index contributed by atoms with van der Waals surface area (Å²) in [6, 6.07) is 0. The first kappa shape index (κ1) is 17.3. The second-order valence-electron chi connectivity index (χ2n) is 3.18. The number of carbonyl (C=O) groups excluding carboxylic acids is 2. The summed E-state index contributed by atoms with van der Waals surface area (Å²) in [5.74, 6) is -2.17. The van der Waals surface area contributed by atoms with Crippen molar-refractivity contribution in [1.29, 1.82) is 0 Å². The molecule has 0 aliphatic carbocycles. The Hall–Kier alpha value is -0.130. The number of carbonyl (C=O) groups is 2. The van der Waals surface area contributed by atoms with Gasteiger partial charge < -0.3 is 14.8 Å². The molecule has 0 rings (SSSR count). The van der Waals surface area contributed by atoms with Gasteiger partial charge in [-0.3, -0.25) is 4.79 Å². The van der Waals surface area contributed by atoms with Crippen molar-refractivity contribution in [3.63, 3.8) is 0 Å². The maximum Gasteiger partial charge on any atom is 1.00 e. The summed E-state index contributed by atoms with van der Waals surface area (Å²) in [7, 11) is 1.25. The summed E-state index contributed by atoms with van der Waals surface area (Å²) in [6.07, 6.45) is -0.0317. The molecule has 15 heavy (non-hydrogen) atoms. The van der Waals surface area contributed by atoms with Crippen LogP contribution in [0.3, 0.4) is 0 Å². The maximum absolute atomic E-state index is 13.1. The molecule has 82 valence electrons. The second kappa shape index (κ2) is 9.12. The van der Waals surface area contributed by atoms with Gasteiger partial charge in [0.25, 0.3) is 5.91 Å². The number of hydrogen-bond donors (Lipinski definition) is 0. The normalized spacial score (nSPS) is 11.4. The molecule has 0 saturated heterocycles. The number of likely N-dealkylation sites (N-methyl/N-ethyl adjacent to an activating group) is 1. The van der Waals surface area contributed by atoms with Crippen LogP contribution in [0.25, 0.3) is 0 Å². The number of amides is 1. The predicted molar refractivity (Wildman–Crippen MR) is 47.1 cm³/mol. The summed E-state index contributed by atoms with van der Waals surface area (Å²) >= 11 is 0. The molecule has 0 bridgehead atoms. The molecule has 1 unspecified atom stereocenters. The Kier molecular flexibility index (Phi) is 10.5. The molecular formula is C9H15FNNaO3. The van der Waals surface area contributed by atoms with Crippen molar-refractivity contribution >= 4 is 11.9 Å². The number of carboxylic acids is 1. The van der Waals surface area contributed by atoms with E-state index < -0.39 is 24.6 Å². The van der Waals surface area contributed by atoms with Crippen LogP contribution in [0, 0.1) is 0 Å². The summed E-state index contributed by atoms with van der Waals surface area (Å²) in [6.45, 7) is 1.33. The molecule has 0 aliphatic rings. The van der Waals surface area contributed by atoms with E-state index >= 15 is 0 Å². The zero-order valence-electron chi connectivity index (χ0n) is 9.46. The zero-order chi connectivity index (χ0) is 11.1. The van der Waals surface area contributed by atoms with Crippen LogP contribution in [-0.4, -0.2) is 36.5 Å². The van der Waals surface area contributed by atoms with Crippen LogP contribution in [0.15, 0.2) is 0 Å². The molecule has 0 fully saturated rings. The molecule has 0 aliphatic heterocycles. The fourth-order valence-corrected chi connectivity index (χ4v) is 1.02. The third-order valence-electron chi connectivity index (χ3n) is 1.82. The largest absolute Gasteiger partial charge is 1.00 e. The van der Waals surface area contributed by atoms with Gasteiger partial charge in [0.15, 0.2) is 6.17 Å². The first-order valence-corrected chi connectivity index (χ1v) is 4.58. The van der Waals surface area contributed by atoms with Crippen LogP contribution >= 0.6 is 0 Å². The van der Waals surface area contributed by atoms with E-state index in [-0.39, 0.29) is 36.0 Å². The number of aliphatic carboxylic acids is 1. The molecule has 1 amide bonds. The van der Waals surface area contributed by atoms with Crippen molar-refractivity contribution < 1.29 is 48.6 Å². The van der Waals surface area contributed by atoms with Crippen LogP contribution in [0.1, 0.15) is 26.2 Å². The van der Waals surface area contributed by atoms with Gasteiger partial charge in [-0.05, 0) is 6.42 Å². The van der Waals surface area contributed by atoms with Crippen LogP contribution in [0.2, 0.25) is 0 Å². The molecule has 1 atom stereocenters. The van der Waals surface area contributed by atoms with Crippen LogP contribution in [-0.2, 0) is 9.59 Å².